The highest BCUT2D eigenvalue weighted by atomic mass is 35.5. The molecule has 0 aliphatic heterocycles. The minimum Gasteiger partial charge on any atom is -0.399 e. The molecular weight excluding hydrogens is 315 g/mol. The first-order valence-electron chi connectivity index (χ1n) is 6.03. The summed E-state index contributed by atoms with van der Waals surface area (Å²) in [5, 5.41) is -0.328. The van der Waals surface area contributed by atoms with E-state index in [1.54, 1.807) is 18.2 Å². The highest BCUT2D eigenvalue weighted by Gasteiger charge is 2.27. The van der Waals surface area contributed by atoms with Gasteiger partial charge in [-0.15, -0.1) is 0 Å². The lowest BCUT2D eigenvalue weighted by atomic mass is 10.2. The van der Waals surface area contributed by atoms with Crippen molar-refractivity contribution in [1.82, 2.24) is 0 Å². The smallest absolute Gasteiger partial charge is 0.267 e. The van der Waals surface area contributed by atoms with Crippen LogP contribution in [0.2, 0.25) is 5.02 Å². The molecule has 2 N–H and O–H groups in total. The summed E-state index contributed by atoms with van der Waals surface area (Å²) in [6.45, 7) is 1.84. The number of nitrogens with zero attached hydrogens (tertiary/aromatic N) is 1. The van der Waals surface area contributed by atoms with Gasteiger partial charge in [0.1, 0.15) is 4.90 Å². The van der Waals surface area contributed by atoms with Crippen LogP contribution in [0.4, 0.5) is 15.8 Å². The van der Waals surface area contributed by atoms with Crippen molar-refractivity contribution < 1.29 is 12.8 Å². The van der Waals surface area contributed by atoms with E-state index in [1.165, 1.54) is 13.1 Å². The fraction of sp³-hybridized carbons (Fsp3) is 0.143. The molecule has 0 amide bonds. The number of halogens is 2. The zero-order valence-electron chi connectivity index (χ0n) is 11.5. The van der Waals surface area contributed by atoms with Crippen molar-refractivity contribution in [3.05, 3.63) is 52.8 Å². The topological polar surface area (TPSA) is 63.4 Å². The average molecular weight is 329 g/mol. The quantitative estimate of drug-likeness (QED) is 0.880. The molecule has 0 spiro atoms. The zero-order valence-corrected chi connectivity index (χ0v) is 13.0. The fourth-order valence-electron chi connectivity index (χ4n) is 1.88. The maximum Gasteiger partial charge on any atom is 0.267 e. The Hall–Kier alpha value is -1.79. The zero-order chi connectivity index (χ0) is 15.8. The molecule has 2 aromatic rings. The molecule has 0 radical (unpaired) electrons. The predicted octanol–water partition coefficient (Wildman–Crippen LogP) is 3.19. The summed E-state index contributed by atoms with van der Waals surface area (Å²) in [6, 6.07) is 9.09. The molecule has 0 saturated heterocycles. The normalized spacial score (nSPS) is 11.4. The average Bonchev–Trinajstić information content (AvgIpc) is 2.41. The fourth-order valence-corrected chi connectivity index (χ4v) is 3.47. The number of hydrogen-bond acceptors (Lipinski definition) is 3. The Morgan fingerprint density at radius 1 is 1.24 bits per heavy atom. The van der Waals surface area contributed by atoms with Gasteiger partial charge in [0.05, 0.1) is 10.7 Å². The van der Waals surface area contributed by atoms with Gasteiger partial charge >= 0.3 is 0 Å². The Bertz CT molecular complexity index is 794. The third kappa shape index (κ3) is 2.96. The second kappa shape index (κ2) is 5.54. The van der Waals surface area contributed by atoms with Crippen molar-refractivity contribution >= 4 is 33.0 Å². The van der Waals surface area contributed by atoms with Gasteiger partial charge in [0.2, 0.25) is 0 Å². The number of anilines is 2. The van der Waals surface area contributed by atoms with Crippen LogP contribution in [-0.2, 0) is 10.0 Å². The lowest BCUT2D eigenvalue weighted by Crippen LogP contribution is -2.27. The van der Waals surface area contributed by atoms with E-state index in [9.17, 15) is 12.8 Å². The molecule has 21 heavy (non-hydrogen) atoms. The first kappa shape index (κ1) is 15.6. The molecule has 0 aliphatic rings. The predicted molar refractivity (Wildman–Crippen MR) is 82.6 cm³/mol. The Morgan fingerprint density at radius 3 is 2.52 bits per heavy atom. The van der Waals surface area contributed by atoms with E-state index in [2.05, 4.69) is 0 Å². The monoisotopic (exact) mass is 328 g/mol. The molecule has 0 unspecified atom stereocenters. The number of nitrogens with two attached hydrogens (primary N) is 1. The molecule has 0 heterocycles. The summed E-state index contributed by atoms with van der Waals surface area (Å²) in [6.07, 6.45) is 0. The lowest BCUT2D eigenvalue weighted by molar-refractivity contribution is 0.566. The van der Waals surface area contributed by atoms with Crippen molar-refractivity contribution in [2.45, 2.75) is 11.8 Å². The molecule has 0 fully saturated rings. The number of rotatable bonds is 3. The summed E-state index contributed by atoms with van der Waals surface area (Å²) in [5.41, 5.74) is 6.95. The van der Waals surface area contributed by atoms with Crippen LogP contribution in [0.5, 0.6) is 0 Å². The number of benzene rings is 2. The first-order valence-corrected chi connectivity index (χ1v) is 7.85. The van der Waals surface area contributed by atoms with Crippen molar-refractivity contribution in [1.29, 1.82) is 0 Å². The van der Waals surface area contributed by atoms with E-state index >= 15 is 0 Å². The van der Waals surface area contributed by atoms with E-state index in [4.69, 9.17) is 17.3 Å². The van der Waals surface area contributed by atoms with Crippen LogP contribution in [0.3, 0.4) is 0 Å². The molecule has 0 bridgehead atoms. The molecule has 0 saturated carbocycles. The van der Waals surface area contributed by atoms with E-state index in [1.807, 2.05) is 13.0 Å². The highest BCUT2D eigenvalue weighted by Crippen LogP contribution is 2.29. The molecule has 7 heteroatoms. The molecule has 0 aromatic heterocycles. The summed E-state index contributed by atoms with van der Waals surface area (Å²) >= 11 is 5.66. The van der Waals surface area contributed by atoms with E-state index < -0.39 is 20.7 Å². The second-order valence-corrected chi connectivity index (χ2v) is 6.97. The van der Waals surface area contributed by atoms with Crippen LogP contribution >= 0.6 is 11.6 Å². The molecule has 2 aromatic carbocycles. The van der Waals surface area contributed by atoms with Crippen molar-refractivity contribution in [3.63, 3.8) is 0 Å². The van der Waals surface area contributed by atoms with Crippen LogP contribution in [0.25, 0.3) is 0 Å². The van der Waals surface area contributed by atoms with Crippen molar-refractivity contribution in [2.24, 2.45) is 0 Å². The summed E-state index contributed by atoms with van der Waals surface area (Å²) < 4.78 is 40.1. The summed E-state index contributed by atoms with van der Waals surface area (Å²) in [4.78, 5) is -0.545. The molecular formula is C14H14ClFN2O2S. The maximum atomic E-state index is 14.0. The largest absolute Gasteiger partial charge is 0.399 e. The van der Waals surface area contributed by atoms with Gasteiger partial charge in [-0.3, -0.25) is 4.31 Å². The van der Waals surface area contributed by atoms with Crippen LogP contribution in [0, 0.1) is 12.7 Å². The second-order valence-electron chi connectivity index (χ2n) is 4.63. The van der Waals surface area contributed by atoms with Crippen molar-refractivity contribution in [2.75, 3.05) is 17.1 Å². The van der Waals surface area contributed by atoms with Gasteiger partial charge in [-0.2, -0.15) is 0 Å². The molecule has 2 rings (SSSR count). The standard InChI is InChI=1S/C14H14ClFN2O2S/c1-9-4-3-5-11(6-9)18(2)21(19,20)13-8-10(17)7-12(15)14(13)16/h3-8H,17H2,1-2H3. The highest BCUT2D eigenvalue weighted by molar-refractivity contribution is 7.92. The molecule has 112 valence electrons. The molecule has 0 atom stereocenters. The van der Waals surface area contributed by atoms with E-state index in [0.717, 1.165) is 15.9 Å². The van der Waals surface area contributed by atoms with Gasteiger partial charge in [0.25, 0.3) is 10.0 Å². The van der Waals surface area contributed by atoms with Crippen LogP contribution in [0.1, 0.15) is 5.56 Å². The Morgan fingerprint density at radius 2 is 1.90 bits per heavy atom. The Kier molecular flexibility index (Phi) is 4.11. The molecule has 4 nitrogen and oxygen atoms in total. The third-order valence-corrected chi connectivity index (χ3v) is 5.08. The lowest BCUT2D eigenvalue weighted by Gasteiger charge is -2.20. The van der Waals surface area contributed by atoms with E-state index in [0.29, 0.717) is 5.69 Å². The summed E-state index contributed by atoms with van der Waals surface area (Å²) in [7, 11) is -2.74. The van der Waals surface area contributed by atoms with Crippen molar-refractivity contribution in [3.8, 4) is 0 Å². The van der Waals surface area contributed by atoms with Gasteiger partial charge in [-0.05, 0) is 36.8 Å². The maximum absolute atomic E-state index is 14.0. The van der Waals surface area contributed by atoms with Gasteiger partial charge in [0, 0.05) is 12.7 Å². The van der Waals surface area contributed by atoms with Gasteiger partial charge in [-0.25, -0.2) is 12.8 Å². The third-order valence-electron chi connectivity index (χ3n) is 3.02. The number of aryl methyl sites for hydroxylation is 1. The minimum absolute atomic E-state index is 0.0811. The summed E-state index contributed by atoms with van der Waals surface area (Å²) in [5.74, 6) is -1.01. The minimum atomic E-state index is -4.09. The number of sulfonamides is 1. The van der Waals surface area contributed by atoms with Gasteiger partial charge in [0.15, 0.2) is 5.82 Å². The molecule has 0 aliphatic carbocycles. The number of nitrogen functional groups attached to an aromatic ring is 1. The van der Waals surface area contributed by atoms with Crippen LogP contribution in [0.15, 0.2) is 41.3 Å². The van der Waals surface area contributed by atoms with Crippen LogP contribution in [-0.4, -0.2) is 15.5 Å². The van der Waals surface area contributed by atoms with Gasteiger partial charge in [-0.1, -0.05) is 23.7 Å². The number of hydrogen-bond donors (Lipinski definition) is 1. The SMILES string of the molecule is Cc1cccc(N(C)S(=O)(=O)c2cc(N)cc(Cl)c2F)c1. The Labute approximate surface area is 128 Å². The Balaban J connectivity index is 2.57. The van der Waals surface area contributed by atoms with E-state index in [-0.39, 0.29) is 10.7 Å². The van der Waals surface area contributed by atoms with Crippen LogP contribution < -0.4 is 10.0 Å². The first-order chi connectivity index (χ1) is 9.73. The van der Waals surface area contributed by atoms with Gasteiger partial charge < -0.3 is 5.73 Å².